The van der Waals surface area contributed by atoms with Crippen LogP contribution >= 0.6 is 34.4 Å². The number of nitrogens with zero attached hydrogens (tertiary/aromatic N) is 11. The molecule has 88 heavy (non-hydrogen) atoms. The van der Waals surface area contributed by atoms with Crippen LogP contribution in [-0.4, -0.2) is 108 Å². The number of carbonyl (C=O) groups is 4. The molecule has 4 aromatic carbocycles. The zero-order chi connectivity index (χ0) is 64.1. The lowest BCUT2D eigenvalue weighted by molar-refractivity contribution is -0.120. The molecule has 0 unspecified atom stereocenters. The maximum Gasteiger partial charge on any atom is 0.425 e. The van der Waals surface area contributed by atoms with Gasteiger partial charge in [0.15, 0.2) is 21.7 Å². The number of thioether (sulfide) groups is 1. The minimum absolute atomic E-state index is 0.00660. The molecule has 3 heterocycles. The first-order chi connectivity index (χ1) is 42.1. The number of nitriles is 1. The van der Waals surface area contributed by atoms with Crippen molar-refractivity contribution in [1.29, 1.82) is 5.26 Å². The van der Waals surface area contributed by atoms with Crippen molar-refractivity contribution < 1.29 is 49.9 Å². The van der Waals surface area contributed by atoms with E-state index in [0.29, 0.717) is 65.1 Å². The average molecular weight is 1290 g/mol. The number of hydrogen-bond donors (Lipinski definition) is 6. The summed E-state index contributed by atoms with van der Waals surface area (Å²) in [6.45, 7) is 20.6. The lowest BCUT2D eigenvalue weighted by Gasteiger charge is -2.22. The zero-order valence-corrected chi connectivity index (χ0v) is 51.8. The first kappa shape index (κ1) is 67.4. The van der Waals surface area contributed by atoms with Crippen molar-refractivity contribution in [2.75, 3.05) is 69.6 Å². The fourth-order valence-corrected chi connectivity index (χ4v) is 11.6. The Morgan fingerprint density at radius 1 is 0.705 bits per heavy atom. The molecular weight excluding hydrogens is 1230 g/mol. The van der Waals surface area contributed by atoms with Crippen molar-refractivity contribution in [3.63, 3.8) is 0 Å². The quantitative estimate of drug-likeness (QED) is 0.00558. The number of para-hydroxylation sites is 2. The van der Waals surface area contributed by atoms with Gasteiger partial charge in [0.05, 0.1) is 40.6 Å². The molecule has 0 aliphatic carbocycles. The van der Waals surface area contributed by atoms with Gasteiger partial charge in [-0.3, -0.25) is 23.7 Å². The minimum Gasteiger partial charge on any atom is -0.396 e. The number of rotatable bonds is 26. The second-order valence-electron chi connectivity index (χ2n) is 17.8. The number of aliphatic hydroxyl groups is 1. The summed E-state index contributed by atoms with van der Waals surface area (Å²) in [6.07, 6.45) is 2.38. The number of aliphatic hydroxyl groups excluding tert-OH is 1. The number of benzene rings is 4. The first-order valence-corrected chi connectivity index (χ1v) is 31.3. The van der Waals surface area contributed by atoms with Gasteiger partial charge >= 0.3 is 10.6 Å². The van der Waals surface area contributed by atoms with Crippen LogP contribution in [0.2, 0.25) is 0 Å². The van der Waals surface area contributed by atoms with E-state index >= 15 is 0 Å². The summed E-state index contributed by atoms with van der Waals surface area (Å²) in [5.41, 5.74) is 2.49. The summed E-state index contributed by atoms with van der Waals surface area (Å²) < 4.78 is 61.6. The SMILES string of the molecule is O=S(=O)=O.[C-]#[N+]c1cc(/C=C(\C(C)=O)C(=O)Nc2ccccc2)sc1N=Nc1ccc(N(CC)CC)cc1Nc1nc(Nc2cc(N(CC)CC)ccc2N=Nc2sc(/C=C(/C(C)=O)C(=O)Nc3ccccc3)c(S(=O)(=O)O)c2C#N)nc(SCCO)n1. The van der Waals surface area contributed by atoms with E-state index in [9.17, 15) is 42.5 Å². The third-order valence-electron chi connectivity index (χ3n) is 12.1. The summed E-state index contributed by atoms with van der Waals surface area (Å²) in [5.74, 6) is -2.47. The van der Waals surface area contributed by atoms with Crippen molar-refractivity contribution in [1.82, 2.24) is 15.0 Å². The van der Waals surface area contributed by atoms with Crippen LogP contribution in [0.4, 0.5) is 73.1 Å². The van der Waals surface area contributed by atoms with E-state index in [0.717, 1.165) is 47.5 Å². The van der Waals surface area contributed by atoms with E-state index in [4.69, 9.17) is 24.2 Å². The maximum absolute atomic E-state index is 13.4. The number of ketones is 2. The van der Waals surface area contributed by atoms with Gasteiger partial charge in [-0.1, -0.05) is 48.2 Å². The molecule has 0 radical (unpaired) electrons. The standard InChI is InChI=1S/C57H55N15O8S4.O3S/c1-8-71(9-2)38-22-24-44(67-69-53-43(33-58)50(84(78,79)80)49(83-53)32-42(35(6)75)52(77)61-37-20-16-13-17-21-37)46(28-38)62-55-64-56(66-57(65-55)81-27-26-73)63-47-29-39(72(10-3)11-4)23-25-45(47)68-70-54-48(59-7)31-40(82-54)30-41(34(5)74)51(76)60-36-18-14-12-15-19-36;1-4(2)3/h12-25,28-32,73H,8-11,26-27H2,1-6H3,(H,60,76)(H,61,77)(H,78,79,80)(H2,62,63,64,65,66);/b41-30+,42-32-,69-67?,70-68?;. The van der Waals surface area contributed by atoms with Crippen molar-refractivity contribution in [3.05, 3.63) is 141 Å². The highest BCUT2D eigenvalue weighted by molar-refractivity contribution is 7.99. The summed E-state index contributed by atoms with van der Waals surface area (Å²) in [7, 11) is -8.27. The van der Waals surface area contributed by atoms with Crippen LogP contribution in [-0.2, 0) is 39.9 Å². The number of aromatic nitrogens is 3. The van der Waals surface area contributed by atoms with Gasteiger partial charge in [0.1, 0.15) is 32.9 Å². The number of hydrogen-bond acceptors (Lipinski definition) is 25. The van der Waals surface area contributed by atoms with Crippen LogP contribution in [0.25, 0.3) is 17.0 Å². The summed E-state index contributed by atoms with van der Waals surface area (Å²) in [4.78, 5) is 73.2. The number of anilines is 8. The van der Waals surface area contributed by atoms with Gasteiger partial charge in [-0.2, -0.15) is 33.7 Å². The molecule has 454 valence electrons. The second-order valence-corrected chi connectivity index (χ2v) is 22.7. The Hall–Kier alpha value is -9.73. The normalized spacial score (nSPS) is 11.5. The Kier molecular flexibility index (Phi) is 24.6. The molecule has 7 rings (SSSR count). The zero-order valence-electron chi connectivity index (χ0n) is 47.7. The van der Waals surface area contributed by atoms with Crippen LogP contribution in [0.3, 0.4) is 0 Å². The molecule has 26 nitrogen and oxygen atoms in total. The first-order valence-electron chi connectivity index (χ1n) is 26.3. The van der Waals surface area contributed by atoms with E-state index in [2.05, 4.69) is 66.3 Å². The Labute approximate surface area is 519 Å². The molecule has 0 aliphatic rings. The molecule has 0 saturated heterocycles. The molecule has 7 aromatic rings. The van der Waals surface area contributed by atoms with E-state index in [1.165, 1.54) is 19.1 Å². The van der Waals surface area contributed by atoms with Gasteiger partial charge in [-0.05, 0) is 120 Å². The third kappa shape index (κ3) is 18.6. The lowest BCUT2D eigenvalue weighted by Crippen LogP contribution is -2.21. The van der Waals surface area contributed by atoms with Gasteiger partial charge in [0.25, 0.3) is 21.9 Å². The minimum atomic E-state index is -5.16. The van der Waals surface area contributed by atoms with Crippen LogP contribution in [0.15, 0.2) is 145 Å². The second kappa shape index (κ2) is 32.1. The van der Waals surface area contributed by atoms with Crippen molar-refractivity contribution >= 4 is 164 Å². The van der Waals surface area contributed by atoms with Gasteiger partial charge in [-0.15, -0.1) is 50.6 Å². The third-order valence-corrected chi connectivity index (χ3v) is 16.0. The molecule has 3 aromatic heterocycles. The molecule has 0 saturated carbocycles. The Balaban J connectivity index is 0.00000299. The maximum atomic E-state index is 13.4. The molecule has 6 N–H and O–H groups in total. The van der Waals surface area contributed by atoms with Gasteiger partial charge in [0, 0.05) is 59.6 Å². The van der Waals surface area contributed by atoms with Crippen molar-refractivity contribution in [2.45, 2.75) is 51.6 Å². The van der Waals surface area contributed by atoms with E-state index in [1.54, 1.807) is 91.0 Å². The van der Waals surface area contributed by atoms with E-state index in [1.807, 2.05) is 39.8 Å². The van der Waals surface area contributed by atoms with Crippen LogP contribution in [0.1, 0.15) is 56.9 Å². The summed E-state index contributed by atoms with van der Waals surface area (Å²) in [5, 5.41) is 49.9. The molecule has 31 heteroatoms. The monoisotopic (exact) mass is 1290 g/mol. The van der Waals surface area contributed by atoms with Crippen LogP contribution in [0, 0.1) is 17.9 Å². The van der Waals surface area contributed by atoms with Crippen LogP contribution in [0.5, 0.6) is 0 Å². The van der Waals surface area contributed by atoms with Gasteiger partial charge < -0.3 is 36.2 Å². The smallest absolute Gasteiger partial charge is 0.396 e. The molecule has 0 bridgehead atoms. The summed E-state index contributed by atoms with van der Waals surface area (Å²) >= 11 is 2.79. The van der Waals surface area contributed by atoms with Gasteiger partial charge in [-0.25, -0.2) is 4.85 Å². The predicted molar refractivity (Wildman–Crippen MR) is 339 cm³/mol. The molecule has 0 spiro atoms. The van der Waals surface area contributed by atoms with Crippen molar-refractivity contribution in [2.24, 2.45) is 20.5 Å². The highest BCUT2D eigenvalue weighted by atomic mass is 32.2. The topological polar surface area (TPSA) is 365 Å². The van der Waals surface area contributed by atoms with E-state index in [-0.39, 0.29) is 66.9 Å². The lowest BCUT2D eigenvalue weighted by atomic mass is 10.1. The predicted octanol–water partition coefficient (Wildman–Crippen LogP) is 12.0. The number of nitrogens with one attached hydrogen (secondary N) is 4. The fraction of sp³-hybridized carbons (Fsp3) is 0.211. The Morgan fingerprint density at radius 3 is 1.59 bits per heavy atom. The average Bonchev–Trinajstić information content (AvgIpc) is 2.12. The molecular formula is C57H55N15O11S5. The molecule has 2 amide bonds. The number of Topliss-reactive ketones (excluding diaryl/α,β-unsaturated/α-hetero) is 2. The fourth-order valence-electron chi connectivity index (χ4n) is 8.02. The van der Waals surface area contributed by atoms with Crippen molar-refractivity contribution in [3.8, 4) is 6.07 Å². The number of amides is 2. The number of azo groups is 2. The summed E-state index contributed by atoms with van der Waals surface area (Å²) in [6, 6.07) is 30.8. The van der Waals surface area contributed by atoms with E-state index < -0.39 is 60.1 Å². The molecule has 0 fully saturated rings. The molecule has 0 aliphatic heterocycles. The number of thiophene rings is 2. The largest absolute Gasteiger partial charge is 0.425 e. The highest BCUT2D eigenvalue weighted by Gasteiger charge is 2.29. The molecule has 0 atom stereocenters. The van der Waals surface area contributed by atoms with Crippen LogP contribution < -0.4 is 31.1 Å². The number of carbonyl (C=O) groups excluding carboxylic acids is 4. The van der Waals surface area contributed by atoms with Gasteiger partial charge in [0.2, 0.25) is 17.6 Å². The Bertz CT molecular complexity index is 4170. The highest BCUT2D eigenvalue weighted by Crippen LogP contribution is 2.44. The Morgan fingerprint density at radius 2 is 1.17 bits per heavy atom.